The Morgan fingerprint density at radius 3 is 2.69 bits per heavy atom. The SMILES string of the molecule is Cc1ccc(C(=O)c2ncc(Br)cc2Br)s1. The second-order valence-corrected chi connectivity index (χ2v) is 6.28. The van der Waals surface area contributed by atoms with Crippen LogP contribution in [-0.4, -0.2) is 10.8 Å². The summed E-state index contributed by atoms with van der Waals surface area (Å²) in [5.41, 5.74) is 0.449. The molecule has 0 aromatic carbocycles. The summed E-state index contributed by atoms with van der Waals surface area (Å²) in [5, 5.41) is 0. The zero-order valence-corrected chi connectivity index (χ0v) is 12.3. The molecule has 0 unspecified atom stereocenters. The van der Waals surface area contributed by atoms with Crippen molar-refractivity contribution in [2.45, 2.75) is 6.92 Å². The summed E-state index contributed by atoms with van der Waals surface area (Å²) in [4.78, 5) is 18.1. The molecule has 2 rings (SSSR count). The van der Waals surface area contributed by atoms with Crippen LogP contribution in [0.3, 0.4) is 0 Å². The number of carbonyl (C=O) groups excluding carboxylic acids is 1. The minimum absolute atomic E-state index is 0.0440. The van der Waals surface area contributed by atoms with Gasteiger partial charge in [-0.2, -0.15) is 0 Å². The predicted octanol–water partition coefficient (Wildman–Crippen LogP) is 4.21. The fourth-order valence-electron chi connectivity index (χ4n) is 1.25. The molecule has 0 aliphatic rings. The molecule has 5 heteroatoms. The van der Waals surface area contributed by atoms with Crippen molar-refractivity contribution in [1.29, 1.82) is 0 Å². The largest absolute Gasteiger partial charge is 0.286 e. The number of thiophene rings is 1. The molecule has 0 radical (unpaired) electrons. The van der Waals surface area contributed by atoms with Crippen molar-refractivity contribution in [1.82, 2.24) is 4.98 Å². The summed E-state index contributed by atoms with van der Waals surface area (Å²) in [5.74, 6) is -0.0440. The molecule has 0 atom stereocenters. The minimum atomic E-state index is -0.0440. The number of nitrogens with zero attached hydrogens (tertiary/aromatic N) is 1. The van der Waals surface area contributed by atoms with Crippen LogP contribution in [0.1, 0.15) is 20.2 Å². The molecule has 0 amide bonds. The van der Waals surface area contributed by atoms with E-state index in [0.717, 1.165) is 9.35 Å². The molecule has 16 heavy (non-hydrogen) atoms. The van der Waals surface area contributed by atoms with Gasteiger partial charge < -0.3 is 0 Å². The Labute approximate surface area is 114 Å². The van der Waals surface area contributed by atoms with Crippen LogP contribution in [0.5, 0.6) is 0 Å². The molecule has 0 N–H and O–H groups in total. The summed E-state index contributed by atoms with van der Waals surface area (Å²) >= 11 is 8.13. The monoisotopic (exact) mass is 359 g/mol. The number of aryl methyl sites for hydroxylation is 1. The highest BCUT2D eigenvalue weighted by Gasteiger charge is 2.15. The second-order valence-electron chi connectivity index (χ2n) is 3.22. The maximum absolute atomic E-state index is 12.1. The molecule has 2 heterocycles. The van der Waals surface area contributed by atoms with Crippen molar-refractivity contribution in [3.8, 4) is 0 Å². The normalized spacial score (nSPS) is 10.4. The average molecular weight is 361 g/mol. The number of ketones is 1. The van der Waals surface area contributed by atoms with E-state index >= 15 is 0 Å². The van der Waals surface area contributed by atoms with Crippen molar-refractivity contribution in [2.24, 2.45) is 0 Å². The third kappa shape index (κ3) is 2.42. The van der Waals surface area contributed by atoms with E-state index in [1.165, 1.54) is 11.3 Å². The van der Waals surface area contributed by atoms with Crippen LogP contribution in [0.4, 0.5) is 0 Å². The van der Waals surface area contributed by atoms with Gasteiger partial charge in [0, 0.05) is 20.0 Å². The maximum Gasteiger partial charge on any atom is 0.222 e. The van der Waals surface area contributed by atoms with E-state index in [0.29, 0.717) is 15.0 Å². The van der Waals surface area contributed by atoms with Gasteiger partial charge >= 0.3 is 0 Å². The fourth-order valence-corrected chi connectivity index (χ4v) is 3.23. The van der Waals surface area contributed by atoms with Crippen molar-refractivity contribution in [2.75, 3.05) is 0 Å². The topological polar surface area (TPSA) is 30.0 Å². The Morgan fingerprint density at radius 2 is 2.12 bits per heavy atom. The molecule has 2 aromatic rings. The molecule has 0 fully saturated rings. The van der Waals surface area contributed by atoms with Gasteiger partial charge in [-0.3, -0.25) is 9.78 Å². The molecule has 0 saturated heterocycles. The van der Waals surface area contributed by atoms with E-state index in [1.54, 1.807) is 6.20 Å². The zero-order chi connectivity index (χ0) is 11.7. The highest BCUT2D eigenvalue weighted by atomic mass is 79.9. The van der Waals surface area contributed by atoms with Gasteiger partial charge in [0.1, 0.15) is 5.69 Å². The fraction of sp³-hybridized carbons (Fsp3) is 0.0909. The van der Waals surface area contributed by atoms with Gasteiger partial charge in [0.15, 0.2) is 0 Å². The number of carbonyl (C=O) groups is 1. The van der Waals surface area contributed by atoms with Crippen LogP contribution in [-0.2, 0) is 0 Å². The minimum Gasteiger partial charge on any atom is -0.286 e. The van der Waals surface area contributed by atoms with Crippen LogP contribution in [0.2, 0.25) is 0 Å². The number of halogens is 2. The first-order valence-corrected chi connectivity index (χ1v) is 6.90. The van der Waals surface area contributed by atoms with E-state index in [-0.39, 0.29) is 5.78 Å². The van der Waals surface area contributed by atoms with Gasteiger partial charge in [0.2, 0.25) is 5.78 Å². The van der Waals surface area contributed by atoms with E-state index in [4.69, 9.17) is 0 Å². The van der Waals surface area contributed by atoms with Gasteiger partial charge in [-0.05, 0) is 57.0 Å². The maximum atomic E-state index is 12.1. The molecule has 2 nitrogen and oxygen atoms in total. The smallest absolute Gasteiger partial charge is 0.222 e. The Hall–Kier alpha value is -0.520. The standard InChI is InChI=1S/C11H7Br2NOS/c1-6-2-3-9(16-6)11(15)10-8(13)4-7(12)5-14-10/h2-5H,1H3. The summed E-state index contributed by atoms with van der Waals surface area (Å²) in [6.45, 7) is 1.98. The average Bonchev–Trinajstić information content (AvgIpc) is 2.64. The van der Waals surface area contributed by atoms with Crippen LogP contribution in [0, 0.1) is 6.92 Å². The summed E-state index contributed by atoms with van der Waals surface area (Å²) in [6, 6.07) is 5.59. The quantitative estimate of drug-likeness (QED) is 0.751. The van der Waals surface area contributed by atoms with Gasteiger partial charge in [-0.25, -0.2) is 0 Å². The predicted molar refractivity (Wildman–Crippen MR) is 72.1 cm³/mol. The molecule has 0 aliphatic heterocycles. The molecule has 0 bridgehead atoms. The van der Waals surface area contributed by atoms with Crippen LogP contribution >= 0.6 is 43.2 Å². The van der Waals surface area contributed by atoms with Crippen molar-refractivity contribution >= 4 is 49.0 Å². The molecule has 82 valence electrons. The summed E-state index contributed by atoms with van der Waals surface area (Å²) < 4.78 is 1.55. The number of hydrogen-bond acceptors (Lipinski definition) is 3. The lowest BCUT2D eigenvalue weighted by Gasteiger charge is -2.00. The lowest BCUT2D eigenvalue weighted by molar-refractivity contribution is 0.103. The Balaban J connectivity index is 2.41. The van der Waals surface area contributed by atoms with Gasteiger partial charge in [-0.15, -0.1) is 11.3 Å². The Morgan fingerprint density at radius 1 is 1.38 bits per heavy atom. The number of hydrogen-bond donors (Lipinski definition) is 0. The number of pyridine rings is 1. The molecule has 0 aliphatic carbocycles. The van der Waals surface area contributed by atoms with Crippen molar-refractivity contribution in [3.63, 3.8) is 0 Å². The summed E-state index contributed by atoms with van der Waals surface area (Å²) in [7, 11) is 0. The third-order valence-corrected chi connectivity index (χ3v) is 4.02. The number of aromatic nitrogens is 1. The van der Waals surface area contributed by atoms with E-state index in [9.17, 15) is 4.79 Å². The Bertz CT molecular complexity index is 551. The van der Waals surface area contributed by atoms with Crippen molar-refractivity contribution < 1.29 is 4.79 Å². The van der Waals surface area contributed by atoms with Gasteiger partial charge in [0.25, 0.3) is 0 Å². The van der Waals surface area contributed by atoms with E-state index in [1.807, 2.05) is 25.1 Å². The first-order chi connectivity index (χ1) is 7.58. The molecule has 0 spiro atoms. The van der Waals surface area contributed by atoms with Crippen LogP contribution in [0.25, 0.3) is 0 Å². The third-order valence-electron chi connectivity index (χ3n) is 1.99. The highest BCUT2D eigenvalue weighted by molar-refractivity contribution is 9.11. The van der Waals surface area contributed by atoms with Gasteiger partial charge in [0.05, 0.1) is 4.88 Å². The second kappa shape index (κ2) is 4.77. The number of rotatable bonds is 2. The molecule has 0 saturated carbocycles. The first kappa shape index (κ1) is 12.0. The molecule has 2 aromatic heterocycles. The summed E-state index contributed by atoms with van der Waals surface area (Å²) in [6.07, 6.45) is 1.62. The van der Waals surface area contributed by atoms with E-state index < -0.39 is 0 Å². The van der Waals surface area contributed by atoms with E-state index in [2.05, 4.69) is 36.8 Å². The van der Waals surface area contributed by atoms with Crippen LogP contribution in [0.15, 0.2) is 33.3 Å². The lowest BCUT2D eigenvalue weighted by Crippen LogP contribution is -2.02. The van der Waals surface area contributed by atoms with Crippen LogP contribution < -0.4 is 0 Å². The highest BCUT2D eigenvalue weighted by Crippen LogP contribution is 2.24. The van der Waals surface area contributed by atoms with Gasteiger partial charge in [-0.1, -0.05) is 0 Å². The zero-order valence-electron chi connectivity index (χ0n) is 8.33. The lowest BCUT2D eigenvalue weighted by atomic mass is 10.2. The Kier molecular flexibility index (Phi) is 3.56. The van der Waals surface area contributed by atoms with Crippen molar-refractivity contribution in [3.05, 3.63) is 48.8 Å². The molecular weight excluding hydrogens is 354 g/mol. The first-order valence-electron chi connectivity index (χ1n) is 4.50. The molecular formula is C11H7Br2NOS.